The molecule has 4 aromatic carbocycles. The molecule has 4 heteroatoms. The standard InChI is InChI=1S/C30H24N2O2/c1-19-14-15-23(18-20(19)2)27-28(31-17-16-22-9-4-6-12-25(22)31)30(34)32(29(27)33)26-13-7-10-21-8-3-5-11-24(21)26/h3-15,18H,16-17H2,1-2H3. The summed E-state index contributed by atoms with van der Waals surface area (Å²) in [6.45, 7) is 4.76. The minimum atomic E-state index is -0.274. The van der Waals surface area contributed by atoms with E-state index < -0.39 is 0 Å². The van der Waals surface area contributed by atoms with E-state index in [9.17, 15) is 9.59 Å². The lowest BCUT2D eigenvalue weighted by Crippen LogP contribution is -2.35. The van der Waals surface area contributed by atoms with E-state index in [1.807, 2.05) is 90.7 Å². The van der Waals surface area contributed by atoms with Crippen molar-refractivity contribution in [2.45, 2.75) is 20.3 Å². The van der Waals surface area contributed by atoms with Crippen LogP contribution in [-0.2, 0) is 16.0 Å². The summed E-state index contributed by atoms with van der Waals surface area (Å²) in [5.41, 5.74) is 6.78. The van der Waals surface area contributed by atoms with Crippen LogP contribution >= 0.6 is 0 Å². The van der Waals surface area contributed by atoms with Crippen LogP contribution < -0.4 is 9.80 Å². The van der Waals surface area contributed by atoms with Crippen molar-refractivity contribution in [1.82, 2.24) is 0 Å². The summed E-state index contributed by atoms with van der Waals surface area (Å²) in [5.74, 6) is -0.546. The lowest BCUT2D eigenvalue weighted by molar-refractivity contribution is -0.120. The van der Waals surface area contributed by atoms with Gasteiger partial charge in [-0.2, -0.15) is 0 Å². The molecule has 0 saturated carbocycles. The van der Waals surface area contributed by atoms with Crippen molar-refractivity contribution in [1.29, 1.82) is 0 Å². The van der Waals surface area contributed by atoms with Gasteiger partial charge in [-0.1, -0.05) is 72.8 Å². The number of rotatable bonds is 3. The minimum absolute atomic E-state index is 0.272. The maximum atomic E-state index is 14.1. The number of hydrogen-bond donors (Lipinski definition) is 0. The first-order valence-corrected chi connectivity index (χ1v) is 11.6. The second-order valence-electron chi connectivity index (χ2n) is 9.00. The number of fused-ring (bicyclic) bond motifs is 2. The Morgan fingerprint density at radius 1 is 0.706 bits per heavy atom. The van der Waals surface area contributed by atoms with Crippen molar-refractivity contribution >= 4 is 39.5 Å². The molecule has 0 aromatic heterocycles. The molecule has 0 bridgehead atoms. The topological polar surface area (TPSA) is 40.6 Å². The molecule has 2 heterocycles. The Morgan fingerprint density at radius 3 is 2.29 bits per heavy atom. The predicted octanol–water partition coefficient (Wildman–Crippen LogP) is 5.80. The van der Waals surface area contributed by atoms with Gasteiger partial charge in [0.05, 0.1) is 11.3 Å². The maximum absolute atomic E-state index is 14.1. The number of imide groups is 1. The highest BCUT2D eigenvalue weighted by Crippen LogP contribution is 2.41. The van der Waals surface area contributed by atoms with Gasteiger partial charge >= 0.3 is 0 Å². The molecule has 0 fully saturated rings. The quantitative estimate of drug-likeness (QED) is 0.375. The average molecular weight is 445 g/mol. The second kappa shape index (κ2) is 7.70. The van der Waals surface area contributed by atoms with Gasteiger partial charge in [-0.25, -0.2) is 4.90 Å². The maximum Gasteiger partial charge on any atom is 0.282 e. The van der Waals surface area contributed by atoms with Crippen molar-refractivity contribution in [2.24, 2.45) is 0 Å². The first-order valence-electron chi connectivity index (χ1n) is 11.6. The van der Waals surface area contributed by atoms with Crippen molar-refractivity contribution in [3.63, 3.8) is 0 Å². The molecule has 4 nitrogen and oxygen atoms in total. The number of carbonyl (C=O) groups is 2. The van der Waals surface area contributed by atoms with Crippen molar-refractivity contribution in [3.05, 3.63) is 113 Å². The van der Waals surface area contributed by atoms with E-state index in [0.29, 0.717) is 23.5 Å². The van der Waals surface area contributed by atoms with Crippen molar-refractivity contribution < 1.29 is 9.59 Å². The summed E-state index contributed by atoms with van der Waals surface area (Å²) < 4.78 is 0. The Labute approximate surface area is 198 Å². The summed E-state index contributed by atoms with van der Waals surface area (Å²) in [4.78, 5) is 31.6. The number of aryl methyl sites for hydroxylation is 2. The first-order chi connectivity index (χ1) is 16.5. The average Bonchev–Trinajstić information content (AvgIpc) is 3.38. The highest BCUT2D eigenvalue weighted by molar-refractivity contribution is 6.47. The Kier molecular flexibility index (Phi) is 4.63. The van der Waals surface area contributed by atoms with Gasteiger partial charge in [0, 0.05) is 17.6 Å². The van der Waals surface area contributed by atoms with Crippen LogP contribution in [-0.4, -0.2) is 18.4 Å². The summed E-state index contributed by atoms with van der Waals surface area (Å²) in [7, 11) is 0. The van der Waals surface area contributed by atoms with Crippen molar-refractivity contribution in [3.8, 4) is 0 Å². The third-order valence-corrected chi connectivity index (χ3v) is 7.02. The van der Waals surface area contributed by atoms with Crippen LogP contribution in [0.3, 0.4) is 0 Å². The molecular weight excluding hydrogens is 420 g/mol. The first kappa shape index (κ1) is 20.4. The van der Waals surface area contributed by atoms with Crippen LogP contribution in [0.2, 0.25) is 0 Å². The Balaban J connectivity index is 1.57. The summed E-state index contributed by atoms with van der Waals surface area (Å²) in [6, 6.07) is 27.7. The number of carbonyl (C=O) groups excluding carboxylic acids is 2. The normalized spacial score (nSPS) is 15.6. The molecule has 0 radical (unpaired) electrons. The van der Waals surface area contributed by atoms with E-state index in [1.165, 1.54) is 10.5 Å². The molecule has 2 aliphatic rings. The Hall–Kier alpha value is -4.18. The van der Waals surface area contributed by atoms with Crippen LogP contribution in [0.1, 0.15) is 22.3 Å². The van der Waals surface area contributed by atoms with Crippen LogP contribution in [0.4, 0.5) is 11.4 Å². The van der Waals surface area contributed by atoms with Gasteiger partial charge in [-0.3, -0.25) is 9.59 Å². The van der Waals surface area contributed by atoms with Gasteiger partial charge in [-0.15, -0.1) is 0 Å². The number of nitrogens with zero attached hydrogens (tertiary/aromatic N) is 2. The number of para-hydroxylation sites is 1. The lowest BCUT2D eigenvalue weighted by atomic mass is 9.99. The monoisotopic (exact) mass is 444 g/mol. The Morgan fingerprint density at radius 2 is 1.44 bits per heavy atom. The summed E-state index contributed by atoms with van der Waals surface area (Å²) in [6.07, 6.45) is 0.843. The largest absolute Gasteiger partial charge is 0.336 e. The molecule has 166 valence electrons. The zero-order valence-electron chi connectivity index (χ0n) is 19.2. The van der Waals surface area contributed by atoms with Gasteiger partial charge in [0.15, 0.2) is 0 Å². The molecule has 0 N–H and O–H groups in total. The summed E-state index contributed by atoms with van der Waals surface area (Å²) in [5, 5.41) is 1.88. The molecular formula is C30H24N2O2. The molecule has 0 aliphatic carbocycles. The fourth-order valence-corrected chi connectivity index (χ4v) is 5.12. The zero-order valence-corrected chi connectivity index (χ0v) is 19.2. The summed E-state index contributed by atoms with van der Waals surface area (Å²) >= 11 is 0. The fraction of sp³-hybridized carbons (Fsp3) is 0.133. The second-order valence-corrected chi connectivity index (χ2v) is 9.00. The molecule has 2 aliphatic heterocycles. The van der Waals surface area contributed by atoms with Gasteiger partial charge in [0.1, 0.15) is 5.70 Å². The molecule has 34 heavy (non-hydrogen) atoms. The highest BCUT2D eigenvalue weighted by atomic mass is 16.2. The predicted molar refractivity (Wildman–Crippen MR) is 137 cm³/mol. The van der Waals surface area contributed by atoms with Gasteiger partial charge in [0.25, 0.3) is 11.8 Å². The molecule has 6 rings (SSSR count). The minimum Gasteiger partial charge on any atom is -0.336 e. The third-order valence-electron chi connectivity index (χ3n) is 7.02. The van der Waals surface area contributed by atoms with Crippen LogP contribution in [0, 0.1) is 13.8 Å². The Bertz CT molecular complexity index is 1530. The molecule has 0 spiro atoms. The van der Waals surface area contributed by atoms with E-state index >= 15 is 0 Å². The zero-order chi connectivity index (χ0) is 23.4. The SMILES string of the molecule is Cc1ccc(C2=C(N3CCc4ccccc43)C(=O)N(c3cccc4ccccc34)C2=O)cc1C. The molecule has 2 amide bonds. The number of anilines is 2. The smallest absolute Gasteiger partial charge is 0.282 e. The highest BCUT2D eigenvalue weighted by Gasteiger charge is 2.44. The van der Waals surface area contributed by atoms with E-state index in [2.05, 4.69) is 13.0 Å². The van der Waals surface area contributed by atoms with Crippen molar-refractivity contribution in [2.75, 3.05) is 16.3 Å². The number of benzene rings is 4. The number of hydrogen-bond acceptors (Lipinski definition) is 3. The lowest BCUT2D eigenvalue weighted by Gasteiger charge is -2.22. The van der Waals surface area contributed by atoms with E-state index in [4.69, 9.17) is 0 Å². The molecule has 0 saturated heterocycles. The van der Waals surface area contributed by atoms with E-state index in [1.54, 1.807) is 0 Å². The molecule has 0 atom stereocenters. The molecule has 4 aromatic rings. The third kappa shape index (κ3) is 2.99. The van der Waals surface area contributed by atoms with Gasteiger partial charge in [0.2, 0.25) is 0 Å². The van der Waals surface area contributed by atoms with Crippen LogP contribution in [0.25, 0.3) is 16.3 Å². The van der Waals surface area contributed by atoms with E-state index in [-0.39, 0.29) is 11.8 Å². The van der Waals surface area contributed by atoms with Gasteiger partial charge < -0.3 is 4.90 Å². The van der Waals surface area contributed by atoms with Crippen LogP contribution in [0.5, 0.6) is 0 Å². The van der Waals surface area contributed by atoms with Crippen LogP contribution in [0.15, 0.2) is 90.6 Å². The van der Waals surface area contributed by atoms with Gasteiger partial charge in [-0.05, 0) is 60.0 Å². The molecule has 0 unspecified atom stereocenters. The fourth-order valence-electron chi connectivity index (χ4n) is 5.12. The number of amides is 2. The van der Waals surface area contributed by atoms with E-state index in [0.717, 1.165) is 39.6 Å².